The molecule has 16 heteroatoms. The van der Waals surface area contributed by atoms with Crippen LogP contribution >= 0.6 is 0 Å². The fourth-order valence-electron chi connectivity index (χ4n) is 27.3. The average molecular weight is 1360 g/mol. The molecule has 544 valence electrons. The molecule has 1 aromatic carbocycles. The van der Waals surface area contributed by atoms with Gasteiger partial charge in [-0.3, -0.25) is 23.7 Å². The number of carbonyl (C=O) groups excluding carboxylic acids is 3. The van der Waals surface area contributed by atoms with E-state index in [2.05, 4.69) is 75.4 Å². The normalized spacial score (nSPS) is 44.6. The highest BCUT2D eigenvalue weighted by Crippen LogP contribution is 2.72. The third-order valence-corrected chi connectivity index (χ3v) is 32.7. The Morgan fingerprint density at radius 2 is 0.929 bits per heavy atom. The van der Waals surface area contributed by atoms with Crippen molar-refractivity contribution in [2.24, 2.45) is 127 Å². The lowest BCUT2D eigenvalue weighted by Gasteiger charge is -2.62. The number of hydrogen-bond donors (Lipinski definition) is 4. The number of ether oxygens (including phenoxy) is 2. The van der Waals surface area contributed by atoms with E-state index in [0.29, 0.717) is 106 Å². The lowest BCUT2D eigenvalue weighted by atomic mass is 9.44. The SMILES string of the molecule is C=C(N)c1cnn(CC(=O)[C@H]2CC[C@H]3[C@@H]4CC[C@@H]5C[C@](C)(O)CC[C@]5(C)[C@H]4CC[C@]23C)c1.COC[C@@]1(O)CC[C@@]2(C)[C@@H](CC[C@@H]3[C@@H]2CC[C@]2(C)[C@@H](C(=O)Cn4nc5ccc(C)cc5n4)CC[C@@H]32)C1.COc1cnn(CC(=O)[C@H]2CC[C@H]3[C@@H]4CC[C@H]5C[C@](C)(O)CC[C@]5(C)[C@H]4CC[C@]23C)c1. The van der Waals surface area contributed by atoms with Crippen LogP contribution in [-0.2, 0) is 38.8 Å². The number of nitrogens with two attached hydrogens (primary N) is 1. The number of hydrogen-bond acceptors (Lipinski definition) is 13. The minimum Gasteiger partial charge on any atom is -0.493 e. The quantitative estimate of drug-likeness (QED) is 0.0979. The van der Waals surface area contributed by atoms with Crippen LogP contribution in [0.15, 0.2) is 49.6 Å². The van der Waals surface area contributed by atoms with Crippen LogP contribution in [0, 0.1) is 128 Å². The Balaban J connectivity index is 0.000000127. The number of Topliss-reactive ketones (excluding diaryl/α,β-unsaturated/α-hetero) is 3. The monoisotopic (exact) mass is 1360 g/mol. The van der Waals surface area contributed by atoms with Crippen LogP contribution in [0.1, 0.15) is 240 Å². The van der Waals surface area contributed by atoms with Crippen LogP contribution < -0.4 is 10.5 Å². The maximum absolute atomic E-state index is 13.7. The summed E-state index contributed by atoms with van der Waals surface area (Å²) in [5.74, 6) is 10.4. The van der Waals surface area contributed by atoms with Crippen molar-refractivity contribution in [1.29, 1.82) is 0 Å². The summed E-state index contributed by atoms with van der Waals surface area (Å²) in [4.78, 5) is 42.1. The molecular formula is C83H124N8O8. The number of aliphatic hydroxyl groups is 3. The topological polar surface area (TPSA) is 223 Å². The Morgan fingerprint density at radius 1 is 0.505 bits per heavy atom. The van der Waals surface area contributed by atoms with Gasteiger partial charge in [0.15, 0.2) is 23.1 Å². The van der Waals surface area contributed by atoms with Gasteiger partial charge in [-0.1, -0.05) is 54.2 Å². The van der Waals surface area contributed by atoms with E-state index >= 15 is 0 Å². The summed E-state index contributed by atoms with van der Waals surface area (Å²) < 4.78 is 14.1. The summed E-state index contributed by atoms with van der Waals surface area (Å²) in [6, 6.07) is 6.07. The van der Waals surface area contributed by atoms with Gasteiger partial charge in [0.05, 0.1) is 62.2 Å². The predicted molar refractivity (Wildman–Crippen MR) is 385 cm³/mol. The van der Waals surface area contributed by atoms with Crippen LogP contribution in [-0.4, -0.2) is 105 Å². The number of carbonyl (C=O) groups is 3. The summed E-state index contributed by atoms with van der Waals surface area (Å²) in [5.41, 5.74) is 9.75. The summed E-state index contributed by atoms with van der Waals surface area (Å²) >= 11 is 0. The second-order valence-electron chi connectivity index (χ2n) is 37.9. The first-order valence-electron chi connectivity index (χ1n) is 39.4. The van der Waals surface area contributed by atoms with Crippen molar-refractivity contribution >= 4 is 34.1 Å². The molecule has 16 nitrogen and oxygen atoms in total. The smallest absolute Gasteiger partial charge is 0.159 e. The maximum atomic E-state index is 13.7. The molecule has 3 heterocycles. The van der Waals surface area contributed by atoms with Gasteiger partial charge in [0.25, 0.3) is 0 Å². The molecule has 5 N–H and O–H groups in total. The first kappa shape index (κ1) is 71.2. The molecule has 0 unspecified atom stereocenters. The van der Waals surface area contributed by atoms with Crippen molar-refractivity contribution in [3.05, 3.63) is 60.7 Å². The van der Waals surface area contributed by atoms with Crippen molar-refractivity contribution in [3.8, 4) is 5.75 Å². The Hall–Kier alpha value is -4.77. The van der Waals surface area contributed by atoms with Crippen molar-refractivity contribution in [2.45, 2.75) is 272 Å². The zero-order valence-electron chi connectivity index (χ0n) is 62.4. The van der Waals surface area contributed by atoms with E-state index in [9.17, 15) is 29.7 Å². The lowest BCUT2D eigenvalue weighted by molar-refractivity contribution is -0.164. The van der Waals surface area contributed by atoms with Crippen molar-refractivity contribution in [2.75, 3.05) is 20.8 Å². The highest BCUT2D eigenvalue weighted by atomic mass is 16.5. The molecule has 0 bridgehead atoms. The van der Waals surface area contributed by atoms with E-state index in [4.69, 9.17) is 15.2 Å². The number of rotatable bonds is 13. The number of aryl methyl sites for hydroxylation is 1. The number of methoxy groups -OCH3 is 2. The van der Waals surface area contributed by atoms with Crippen LogP contribution in [0.2, 0.25) is 0 Å². The highest BCUT2D eigenvalue weighted by Gasteiger charge is 2.66. The molecular weight excluding hydrogens is 1240 g/mol. The van der Waals surface area contributed by atoms with Gasteiger partial charge in [0, 0.05) is 42.3 Å². The summed E-state index contributed by atoms with van der Waals surface area (Å²) in [5, 5.41) is 50.4. The summed E-state index contributed by atoms with van der Waals surface area (Å²) in [6.45, 7) is 26.2. The lowest BCUT2D eigenvalue weighted by Crippen LogP contribution is -2.57. The van der Waals surface area contributed by atoms with Gasteiger partial charge in [-0.05, 0) is 315 Å². The molecule has 16 rings (SSSR count). The molecule has 12 saturated carbocycles. The highest BCUT2D eigenvalue weighted by molar-refractivity contribution is 5.83. The van der Waals surface area contributed by atoms with Gasteiger partial charge in [0.1, 0.15) is 17.6 Å². The van der Waals surface area contributed by atoms with E-state index in [1.54, 1.807) is 40.8 Å². The van der Waals surface area contributed by atoms with E-state index in [-0.39, 0.29) is 40.5 Å². The minimum absolute atomic E-state index is 0.0933. The summed E-state index contributed by atoms with van der Waals surface area (Å²) in [7, 11) is 3.33. The van der Waals surface area contributed by atoms with Crippen LogP contribution in [0.5, 0.6) is 5.75 Å². The van der Waals surface area contributed by atoms with Gasteiger partial charge < -0.3 is 30.5 Å². The molecule has 0 spiro atoms. The Kier molecular flexibility index (Phi) is 18.8. The van der Waals surface area contributed by atoms with E-state index in [1.165, 1.54) is 89.9 Å². The number of fused-ring (bicyclic) bond motifs is 16. The molecule has 99 heavy (non-hydrogen) atoms. The van der Waals surface area contributed by atoms with Gasteiger partial charge in [-0.15, -0.1) is 0 Å². The molecule has 0 saturated heterocycles. The Bertz CT molecular complexity index is 3660. The molecule has 24 atom stereocenters. The second-order valence-corrected chi connectivity index (χ2v) is 37.9. The largest absolute Gasteiger partial charge is 0.493 e. The molecule has 3 aromatic heterocycles. The molecule has 12 fully saturated rings. The standard InChI is InChI=1S/C30H43N3O3.C27H41N3O2.C26H40N2O3/c1-19-5-10-25-26(15-19)32-33(31-25)17-27(34)24-9-8-22-21-7-6-20-16-30(35,18-36-4)14-13-28(20,2)23(21)11-12-29(22,24)3;1-17(28)18-14-29-30(15-18)16-24(31)23-8-7-21-20-6-5-19-13-25(2,32)11-12-26(19,3)22(20)9-10-27(21,23)4;1-24(30)11-12-25(2)17(13-24)5-6-19-20-7-8-22(26(20,3)10-9-21(19)25)23(29)16-28-15-18(31-4)14-27-28/h5,10,15,20-24,35H,6-9,11-14,16-18H2,1-4H3;14-15,19-23,32H,1,5-13,16,28H2,2-4H3;14-15,17,19-22,30H,5-13,16H2,1-4H3/t20-,21-,22-,23-,24+,28-,29-,30+;19-,20+,21+,22+,23-,25-,26+,27+;17-,19-,20-,21-,22+,24+,25-,26-/m010/s1. The van der Waals surface area contributed by atoms with Crippen LogP contribution in [0.25, 0.3) is 16.7 Å². The van der Waals surface area contributed by atoms with Crippen LogP contribution in [0.3, 0.4) is 0 Å². The van der Waals surface area contributed by atoms with Gasteiger partial charge in [0.2, 0.25) is 0 Å². The predicted octanol–water partition coefficient (Wildman–Crippen LogP) is 15.0. The Labute approximate surface area is 591 Å². The van der Waals surface area contributed by atoms with Crippen molar-refractivity contribution in [3.63, 3.8) is 0 Å². The molecule has 12 aliphatic carbocycles. The molecule has 4 aromatic rings. The van der Waals surface area contributed by atoms with Crippen LogP contribution in [0.4, 0.5) is 0 Å². The van der Waals surface area contributed by atoms with E-state index in [0.717, 1.165) is 135 Å². The third-order valence-electron chi connectivity index (χ3n) is 32.7. The van der Waals surface area contributed by atoms with Crippen molar-refractivity contribution in [1.82, 2.24) is 34.6 Å². The van der Waals surface area contributed by atoms with Gasteiger partial charge >= 0.3 is 0 Å². The van der Waals surface area contributed by atoms with Gasteiger partial charge in [-0.25, -0.2) is 0 Å². The van der Waals surface area contributed by atoms with Gasteiger partial charge in [-0.2, -0.15) is 25.2 Å². The molecule has 0 aliphatic heterocycles. The maximum Gasteiger partial charge on any atom is 0.159 e. The first-order valence-corrected chi connectivity index (χ1v) is 39.4. The molecule has 12 aliphatic rings. The number of ketones is 3. The number of aromatic nitrogens is 7. The number of nitrogens with zero attached hydrogens (tertiary/aromatic N) is 7. The number of benzene rings is 1. The third kappa shape index (κ3) is 12.6. The van der Waals surface area contributed by atoms with E-state index in [1.807, 2.05) is 44.4 Å². The average Bonchev–Trinajstić information content (AvgIpc) is 1.72. The second kappa shape index (κ2) is 26.1. The van der Waals surface area contributed by atoms with Crippen molar-refractivity contribution < 1.29 is 39.2 Å². The summed E-state index contributed by atoms with van der Waals surface area (Å²) in [6.07, 6.45) is 37.4. The van der Waals surface area contributed by atoms with E-state index < -0.39 is 16.8 Å². The zero-order valence-corrected chi connectivity index (χ0v) is 62.4. The first-order chi connectivity index (χ1) is 46.8. The Morgan fingerprint density at radius 3 is 1.37 bits per heavy atom. The molecule has 0 radical (unpaired) electrons. The fraction of sp³-hybridized carbons (Fsp3) is 0.795. The minimum atomic E-state index is -0.649. The zero-order chi connectivity index (χ0) is 70.2. The molecule has 0 amide bonds. The fourth-order valence-corrected chi connectivity index (χ4v) is 27.3.